The van der Waals surface area contributed by atoms with Crippen LogP contribution in [0, 0.1) is 0 Å². The number of hydroxylamine groups is 1. The summed E-state index contributed by atoms with van der Waals surface area (Å²) in [4.78, 5) is 27.7. The molecule has 1 aliphatic carbocycles. The maximum atomic E-state index is 12.4. The first-order valence-corrected chi connectivity index (χ1v) is 9.60. The van der Waals surface area contributed by atoms with Gasteiger partial charge in [0.25, 0.3) is 5.91 Å². The zero-order valence-electron chi connectivity index (χ0n) is 16.2. The minimum atomic E-state index is -0.611. The standard InChI is InChI=1S/C25H20N2O3/c28-24(19-9-5-17(6-10-19)8-12-25(29)27-30)16-26-15-18-7-11-23-21(13-18)14-20-3-1-2-4-22(20)23/h1-13,15,30H,14,16H2,(H,27,29)/b12-8+,26-15?. The predicted octanol–water partition coefficient (Wildman–Crippen LogP) is 4.08. The molecule has 148 valence electrons. The smallest absolute Gasteiger partial charge is 0.267 e. The fraction of sp³-hybridized carbons (Fsp3) is 0.0800. The monoisotopic (exact) mass is 396 g/mol. The van der Waals surface area contributed by atoms with Crippen LogP contribution in [0.2, 0.25) is 0 Å². The molecule has 3 aromatic rings. The van der Waals surface area contributed by atoms with Gasteiger partial charge in [0.05, 0.1) is 0 Å². The van der Waals surface area contributed by atoms with Crippen molar-refractivity contribution in [1.29, 1.82) is 0 Å². The number of rotatable bonds is 6. The van der Waals surface area contributed by atoms with Gasteiger partial charge in [-0.3, -0.25) is 19.8 Å². The van der Waals surface area contributed by atoms with Crippen molar-refractivity contribution in [1.82, 2.24) is 5.48 Å². The number of Topliss-reactive ketones (excluding diaryl/α,β-unsaturated/α-hetero) is 1. The van der Waals surface area contributed by atoms with Crippen molar-refractivity contribution in [2.24, 2.45) is 4.99 Å². The number of ketones is 1. The molecule has 1 aliphatic rings. The normalized spacial score (nSPS) is 12.2. The van der Waals surface area contributed by atoms with Gasteiger partial charge in [-0.15, -0.1) is 0 Å². The fourth-order valence-corrected chi connectivity index (χ4v) is 3.56. The van der Waals surface area contributed by atoms with E-state index in [-0.39, 0.29) is 12.3 Å². The van der Waals surface area contributed by atoms with Crippen LogP contribution >= 0.6 is 0 Å². The molecule has 0 aromatic heterocycles. The molecule has 0 saturated heterocycles. The van der Waals surface area contributed by atoms with Crippen molar-refractivity contribution in [2.45, 2.75) is 6.42 Å². The third-order valence-electron chi connectivity index (χ3n) is 5.06. The van der Waals surface area contributed by atoms with Gasteiger partial charge in [0.2, 0.25) is 0 Å². The van der Waals surface area contributed by atoms with Crippen molar-refractivity contribution in [3.63, 3.8) is 0 Å². The van der Waals surface area contributed by atoms with Crippen molar-refractivity contribution >= 4 is 24.0 Å². The zero-order chi connectivity index (χ0) is 20.9. The van der Waals surface area contributed by atoms with Crippen LogP contribution in [0.1, 0.15) is 32.6 Å². The van der Waals surface area contributed by atoms with Crippen LogP contribution < -0.4 is 5.48 Å². The van der Waals surface area contributed by atoms with Gasteiger partial charge in [-0.25, -0.2) is 5.48 Å². The summed E-state index contributed by atoms with van der Waals surface area (Å²) < 4.78 is 0. The first kappa shape index (κ1) is 19.5. The number of nitrogens with one attached hydrogen (secondary N) is 1. The maximum Gasteiger partial charge on any atom is 0.267 e. The Labute approximate surface area is 174 Å². The average molecular weight is 396 g/mol. The fourth-order valence-electron chi connectivity index (χ4n) is 3.56. The number of aliphatic imine (C=N–C) groups is 1. The van der Waals surface area contributed by atoms with E-state index in [2.05, 4.69) is 41.4 Å². The van der Waals surface area contributed by atoms with Crippen molar-refractivity contribution in [3.05, 3.63) is 101 Å². The Morgan fingerprint density at radius 1 is 0.933 bits per heavy atom. The highest BCUT2D eigenvalue weighted by Crippen LogP contribution is 2.36. The summed E-state index contributed by atoms with van der Waals surface area (Å²) in [5, 5.41) is 8.47. The van der Waals surface area contributed by atoms with E-state index in [1.165, 1.54) is 33.8 Å². The molecular formula is C25H20N2O3. The molecule has 0 fully saturated rings. The van der Waals surface area contributed by atoms with E-state index in [1.807, 2.05) is 6.07 Å². The lowest BCUT2D eigenvalue weighted by atomic mass is 10.0. The molecule has 2 N–H and O–H groups in total. The summed E-state index contributed by atoms with van der Waals surface area (Å²) in [6.07, 6.45) is 5.42. The second-order valence-electron chi connectivity index (χ2n) is 7.07. The summed E-state index contributed by atoms with van der Waals surface area (Å²) in [5.41, 5.74) is 8.99. The topological polar surface area (TPSA) is 78.8 Å². The molecule has 0 heterocycles. The molecule has 0 saturated carbocycles. The largest absolute Gasteiger partial charge is 0.292 e. The van der Waals surface area contributed by atoms with Gasteiger partial charge in [-0.1, -0.05) is 60.7 Å². The van der Waals surface area contributed by atoms with Gasteiger partial charge in [0.1, 0.15) is 6.54 Å². The number of carbonyl (C=O) groups is 2. The van der Waals surface area contributed by atoms with Gasteiger partial charge in [0.15, 0.2) is 5.78 Å². The van der Waals surface area contributed by atoms with Crippen molar-refractivity contribution in [3.8, 4) is 11.1 Å². The second kappa shape index (κ2) is 8.68. The van der Waals surface area contributed by atoms with Crippen LogP contribution in [-0.2, 0) is 11.2 Å². The quantitative estimate of drug-likeness (QED) is 0.169. The highest BCUT2D eigenvalue weighted by molar-refractivity contribution is 5.99. The van der Waals surface area contributed by atoms with Crippen molar-refractivity contribution in [2.75, 3.05) is 6.54 Å². The minimum Gasteiger partial charge on any atom is -0.292 e. The maximum absolute atomic E-state index is 12.4. The van der Waals surface area contributed by atoms with E-state index in [0.29, 0.717) is 5.56 Å². The molecule has 3 aromatic carbocycles. The van der Waals surface area contributed by atoms with E-state index in [4.69, 9.17) is 5.21 Å². The molecule has 0 bridgehead atoms. The highest BCUT2D eigenvalue weighted by Gasteiger charge is 2.17. The van der Waals surface area contributed by atoms with Gasteiger partial charge < -0.3 is 0 Å². The Kier molecular flexibility index (Phi) is 5.63. The molecule has 5 nitrogen and oxygen atoms in total. The van der Waals surface area contributed by atoms with Gasteiger partial charge >= 0.3 is 0 Å². The SMILES string of the molecule is O=C(/C=C/c1ccc(C(=O)CN=Cc2ccc3c(c2)Cc2ccccc2-3)cc1)NO. The number of amides is 1. The summed E-state index contributed by atoms with van der Waals surface area (Å²) in [5.74, 6) is -0.691. The molecule has 0 radical (unpaired) electrons. The molecule has 4 rings (SSSR count). The Morgan fingerprint density at radius 2 is 1.67 bits per heavy atom. The van der Waals surface area contributed by atoms with Crippen LogP contribution in [0.3, 0.4) is 0 Å². The van der Waals surface area contributed by atoms with Gasteiger partial charge in [-0.2, -0.15) is 0 Å². The van der Waals surface area contributed by atoms with E-state index in [9.17, 15) is 9.59 Å². The Balaban J connectivity index is 1.38. The molecule has 30 heavy (non-hydrogen) atoms. The lowest BCUT2D eigenvalue weighted by molar-refractivity contribution is -0.124. The number of fused-ring (bicyclic) bond motifs is 3. The number of nitrogens with zero attached hydrogens (tertiary/aromatic N) is 1. The van der Waals surface area contributed by atoms with Crippen molar-refractivity contribution < 1.29 is 14.8 Å². The molecule has 0 spiro atoms. The predicted molar refractivity (Wildman–Crippen MR) is 117 cm³/mol. The highest BCUT2D eigenvalue weighted by atomic mass is 16.5. The lowest BCUT2D eigenvalue weighted by Gasteiger charge is -2.02. The summed E-state index contributed by atoms with van der Waals surface area (Å²) >= 11 is 0. The number of hydrogen-bond donors (Lipinski definition) is 2. The molecule has 0 unspecified atom stereocenters. The summed E-state index contributed by atoms with van der Waals surface area (Å²) in [6.45, 7) is 0.0689. The third kappa shape index (κ3) is 4.26. The number of benzene rings is 3. The minimum absolute atomic E-state index is 0.0689. The Bertz CT molecular complexity index is 1160. The van der Waals surface area contributed by atoms with Crippen LogP contribution in [0.15, 0.2) is 77.8 Å². The summed E-state index contributed by atoms with van der Waals surface area (Å²) in [6, 6.07) is 21.6. The first-order chi connectivity index (χ1) is 14.6. The lowest BCUT2D eigenvalue weighted by Crippen LogP contribution is -2.14. The average Bonchev–Trinajstić information content (AvgIpc) is 3.15. The molecular weight excluding hydrogens is 376 g/mol. The molecule has 0 atom stereocenters. The molecule has 1 amide bonds. The van der Waals surface area contributed by atoms with E-state index >= 15 is 0 Å². The van der Waals surface area contributed by atoms with Crippen LogP contribution in [0.5, 0.6) is 0 Å². The number of carbonyl (C=O) groups excluding carboxylic acids is 2. The van der Waals surface area contributed by atoms with Crippen LogP contribution in [-0.4, -0.2) is 29.7 Å². The zero-order valence-corrected chi connectivity index (χ0v) is 16.2. The van der Waals surface area contributed by atoms with Crippen LogP contribution in [0.4, 0.5) is 0 Å². The van der Waals surface area contributed by atoms with E-state index in [1.54, 1.807) is 36.6 Å². The Hall–Kier alpha value is -3.83. The van der Waals surface area contributed by atoms with Crippen LogP contribution in [0.25, 0.3) is 17.2 Å². The molecule has 5 heteroatoms. The Morgan fingerprint density at radius 3 is 2.47 bits per heavy atom. The molecule has 0 aliphatic heterocycles. The van der Waals surface area contributed by atoms with E-state index < -0.39 is 5.91 Å². The second-order valence-corrected chi connectivity index (χ2v) is 7.07. The first-order valence-electron chi connectivity index (χ1n) is 9.60. The number of hydrogen-bond acceptors (Lipinski definition) is 4. The van der Waals surface area contributed by atoms with Gasteiger partial charge in [-0.05, 0) is 51.9 Å². The van der Waals surface area contributed by atoms with E-state index in [0.717, 1.165) is 17.5 Å². The van der Waals surface area contributed by atoms with Gasteiger partial charge in [0, 0.05) is 17.9 Å². The summed E-state index contributed by atoms with van der Waals surface area (Å²) in [7, 11) is 0. The third-order valence-corrected chi connectivity index (χ3v) is 5.06.